The van der Waals surface area contributed by atoms with Crippen molar-refractivity contribution in [3.63, 3.8) is 0 Å². The van der Waals surface area contributed by atoms with E-state index in [1.807, 2.05) is 0 Å². The highest BCUT2D eigenvalue weighted by Gasteiger charge is 2.44. The monoisotopic (exact) mass is 330 g/mol. The molecule has 0 spiro atoms. The van der Waals surface area contributed by atoms with Crippen LogP contribution >= 0.6 is 24.0 Å². The van der Waals surface area contributed by atoms with Crippen molar-refractivity contribution >= 4 is 40.6 Å². The quantitative estimate of drug-likeness (QED) is 0.681. The highest BCUT2D eigenvalue weighted by molar-refractivity contribution is 8.03. The summed E-state index contributed by atoms with van der Waals surface area (Å²) in [6.07, 6.45) is 1.70. The molecule has 2 unspecified atom stereocenters. The molecule has 3 nitrogen and oxygen atoms in total. The van der Waals surface area contributed by atoms with Crippen LogP contribution in [0.5, 0.6) is 0 Å². The molecular weight excluding hydrogens is 312 g/mol. The Hall–Kier alpha value is -1.59. The average molecular weight is 330 g/mol. The maximum atomic E-state index is 12.8. The van der Waals surface area contributed by atoms with Crippen LogP contribution in [0.1, 0.15) is 16.7 Å². The summed E-state index contributed by atoms with van der Waals surface area (Å²) in [4.78, 5) is 14.4. The Morgan fingerprint density at radius 1 is 1.41 bits per heavy atom. The Kier molecular flexibility index (Phi) is 4.10. The number of rotatable bonds is 3. The lowest BCUT2D eigenvalue weighted by atomic mass is 9.90. The lowest BCUT2D eigenvalue weighted by Gasteiger charge is -2.36. The number of hydrogen-bond acceptors (Lipinski definition) is 3. The molecule has 1 amide bonds. The number of carbonyl (C=O) groups is 1. The van der Waals surface area contributed by atoms with Crippen molar-refractivity contribution in [2.45, 2.75) is 19.2 Å². The van der Waals surface area contributed by atoms with Gasteiger partial charge in [0, 0.05) is 6.54 Å². The van der Waals surface area contributed by atoms with Crippen LogP contribution in [0.2, 0.25) is 0 Å². The van der Waals surface area contributed by atoms with Crippen molar-refractivity contribution in [2.75, 3.05) is 6.54 Å². The van der Waals surface area contributed by atoms with Crippen LogP contribution < -0.4 is 5.32 Å². The summed E-state index contributed by atoms with van der Waals surface area (Å²) in [5, 5.41) is 5.85. The van der Waals surface area contributed by atoms with Crippen LogP contribution in [0.4, 0.5) is 0 Å². The molecule has 2 heterocycles. The molecule has 0 bridgehead atoms. The number of carbonyl (C=O) groups excluding carboxylic acids is 1. The van der Waals surface area contributed by atoms with Crippen LogP contribution in [0.15, 0.2) is 36.3 Å². The Labute approximate surface area is 140 Å². The van der Waals surface area contributed by atoms with Crippen LogP contribution in [0.25, 0.3) is 5.57 Å². The van der Waals surface area contributed by atoms with Crippen LogP contribution in [-0.4, -0.2) is 27.8 Å². The van der Waals surface area contributed by atoms with Gasteiger partial charge in [0.15, 0.2) is 5.11 Å². The second-order valence-electron chi connectivity index (χ2n) is 5.59. The molecule has 2 aliphatic rings. The van der Waals surface area contributed by atoms with Gasteiger partial charge in [-0.3, -0.25) is 9.69 Å². The van der Waals surface area contributed by atoms with E-state index in [4.69, 9.17) is 12.2 Å². The molecule has 1 aromatic rings. The van der Waals surface area contributed by atoms with Gasteiger partial charge < -0.3 is 5.32 Å². The maximum absolute atomic E-state index is 12.8. The third-order valence-electron chi connectivity index (χ3n) is 4.17. The number of benzene rings is 1. The number of fused-ring (bicyclic) bond motifs is 1. The molecule has 5 heteroatoms. The van der Waals surface area contributed by atoms with Crippen LogP contribution in [0, 0.1) is 19.8 Å². The largest absolute Gasteiger partial charge is 0.349 e. The zero-order valence-electron chi connectivity index (χ0n) is 12.6. The molecular formula is C17H18N2OS2. The number of thioether (sulfide) groups is 1. The summed E-state index contributed by atoms with van der Waals surface area (Å²) >= 11 is 6.93. The van der Waals surface area contributed by atoms with Crippen molar-refractivity contribution in [3.05, 3.63) is 53.0 Å². The summed E-state index contributed by atoms with van der Waals surface area (Å²) in [7, 11) is 0. The molecule has 1 saturated heterocycles. The van der Waals surface area contributed by atoms with Gasteiger partial charge in [0.1, 0.15) is 0 Å². The Morgan fingerprint density at radius 3 is 2.86 bits per heavy atom. The Balaban J connectivity index is 1.95. The maximum Gasteiger partial charge on any atom is 0.239 e. The summed E-state index contributed by atoms with van der Waals surface area (Å²) in [5.41, 5.74) is 4.69. The molecule has 3 rings (SSSR count). The second-order valence-corrected chi connectivity index (χ2v) is 7.00. The van der Waals surface area contributed by atoms with E-state index in [0.717, 1.165) is 11.1 Å². The predicted octanol–water partition coefficient (Wildman–Crippen LogP) is 3.24. The first-order chi connectivity index (χ1) is 10.5. The van der Waals surface area contributed by atoms with Gasteiger partial charge in [0.25, 0.3) is 0 Å². The third kappa shape index (κ3) is 2.48. The van der Waals surface area contributed by atoms with Gasteiger partial charge in [-0.15, -0.1) is 18.3 Å². The van der Waals surface area contributed by atoms with E-state index in [1.165, 1.54) is 11.1 Å². The van der Waals surface area contributed by atoms with E-state index in [9.17, 15) is 4.79 Å². The molecule has 1 N–H and O–H groups in total. The van der Waals surface area contributed by atoms with E-state index in [1.54, 1.807) is 22.7 Å². The third-order valence-corrected chi connectivity index (χ3v) is 5.59. The fourth-order valence-electron chi connectivity index (χ4n) is 2.78. The highest BCUT2D eigenvalue weighted by atomic mass is 32.2. The topological polar surface area (TPSA) is 32.3 Å². The Bertz CT molecular complexity index is 696. The number of nitrogens with zero attached hydrogens (tertiary/aromatic N) is 1. The average Bonchev–Trinajstić information content (AvgIpc) is 2.90. The van der Waals surface area contributed by atoms with E-state index in [0.29, 0.717) is 11.7 Å². The minimum atomic E-state index is -0.196. The zero-order valence-corrected chi connectivity index (χ0v) is 14.3. The first-order valence-electron chi connectivity index (χ1n) is 7.19. The highest BCUT2D eigenvalue weighted by Crippen LogP contribution is 2.43. The van der Waals surface area contributed by atoms with Gasteiger partial charge in [0.2, 0.25) is 5.91 Å². The molecule has 0 radical (unpaired) electrons. The predicted molar refractivity (Wildman–Crippen MR) is 96.4 cm³/mol. The number of aryl methyl sites for hydroxylation is 2. The van der Waals surface area contributed by atoms with Gasteiger partial charge in [-0.05, 0) is 53.7 Å². The summed E-state index contributed by atoms with van der Waals surface area (Å²) in [6, 6.07) is 6.35. The fraction of sp³-hybridized carbons (Fsp3) is 0.294. The van der Waals surface area contributed by atoms with E-state index in [-0.39, 0.29) is 17.2 Å². The molecule has 1 fully saturated rings. The molecule has 0 aromatic heterocycles. The molecule has 0 aliphatic carbocycles. The molecule has 114 valence electrons. The SMILES string of the molecule is C=CCN1C(=O)C2C(c3ccc(C)c(C)c3)=CSC2NC1=S. The van der Waals surface area contributed by atoms with Gasteiger partial charge in [0.05, 0.1) is 11.3 Å². The zero-order chi connectivity index (χ0) is 15.9. The minimum Gasteiger partial charge on any atom is -0.349 e. The molecule has 0 saturated carbocycles. The summed E-state index contributed by atoms with van der Waals surface area (Å²) in [5.74, 6) is -0.137. The first-order valence-corrected chi connectivity index (χ1v) is 8.54. The van der Waals surface area contributed by atoms with Crippen molar-refractivity contribution < 1.29 is 4.79 Å². The van der Waals surface area contributed by atoms with E-state index >= 15 is 0 Å². The number of nitrogens with one attached hydrogen (secondary N) is 1. The number of thiocarbonyl (C=S) groups is 1. The standard InChI is InChI=1S/C17H18N2OS2/c1-4-7-19-16(20)14-13(9-22-15(14)18-17(19)21)12-6-5-10(2)11(3)8-12/h4-6,8-9,14-15H,1,7H2,2-3H3,(H,18,21). The summed E-state index contributed by atoms with van der Waals surface area (Å²) in [6.45, 7) is 8.34. The van der Waals surface area contributed by atoms with Gasteiger partial charge in [-0.1, -0.05) is 24.3 Å². The second kappa shape index (κ2) is 5.89. The number of hydrogen-bond donors (Lipinski definition) is 1. The normalized spacial score (nSPS) is 23.9. The Morgan fingerprint density at radius 2 is 2.18 bits per heavy atom. The van der Waals surface area contributed by atoms with Gasteiger partial charge in [-0.25, -0.2) is 0 Å². The fourth-order valence-corrected chi connectivity index (χ4v) is 4.32. The minimum absolute atomic E-state index is 0.00215. The lowest BCUT2D eigenvalue weighted by molar-refractivity contribution is -0.130. The smallest absolute Gasteiger partial charge is 0.239 e. The van der Waals surface area contributed by atoms with Crippen LogP contribution in [0.3, 0.4) is 0 Å². The first kappa shape index (κ1) is 15.3. The van der Waals surface area contributed by atoms with Crippen molar-refractivity contribution in [2.24, 2.45) is 5.92 Å². The van der Waals surface area contributed by atoms with Gasteiger partial charge in [-0.2, -0.15) is 0 Å². The van der Waals surface area contributed by atoms with Crippen molar-refractivity contribution in [1.82, 2.24) is 10.2 Å². The lowest BCUT2D eigenvalue weighted by Crippen LogP contribution is -2.57. The molecule has 22 heavy (non-hydrogen) atoms. The van der Waals surface area contributed by atoms with E-state index < -0.39 is 0 Å². The van der Waals surface area contributed by atoms with Crippen molar-refractivity contribution in [3.8, 4) is 0 Å². The molecule has 2 atom stereocenters. The molecule has 2 aliphatic heterocycles. The van der Waals surface area contributed by atoms with Gasteiger partial charge >= 0.3 is 0 Å². The van der Waals surface area contributed by atoms with E-state index in [2.05, 4.69) is 49.4 Å². The van der Waals surface area contributed by atoms with Crippen LogP contribution in [-0.2, 0) is 4.79 Å². The van der Waals surface area contributed by atoms with Crippen molar-refractivity contribution in [1.29, 1.82) is 0 Å². The molecule has 1 aromatic carbocycles. The number of amides is 1. The summed E-state index contributed by atoms with van der Waals surface area (Å²) < 4.78 is 0.